The van der Waals surface area contributed by atoms with Crippen molar-refractivity contribution in [1.29, 1.82) is 0 Å². The molecule has 18 heavy (non-hydrogen) atoms. The molecule has 1 atom stereocenters. The second kappa shape index (κ2) is 4.45. The highest BCUT2D eigenvalue weighted by molar-refractivity contribution is 5.49. The fourth-order valence-corrected chi connectivity index (χ4v) is 2.59. The number of benzene rings is 2. The van der Waals surface area contributed by atoms with E-state index < -0.39 is 0 Å². The number of hydrogen-bond donors (Lipinski definition) is 1. The van der Waals surface area contributed by atoms with Gasteiger partial charge in [-0.2, -0.15) is 0 Å². The van der Waals surface area contributed by atoms with Gasteiger partial charge >= 0.3 is 0 Å². The molecule has 0 radical (unpaired) electrons. The Morgan fingerprint density at radius 3 is 2.83 bits per heavy atom. The van der Waals surface area contributed by atoms with E-state index in [0.717, 1.165) is 18.5 Å². The Morgan fingerprint density at radius 1 is 1.17 bits per heavy atom. The molecule has 0 amide bonds. The molecule has 0 spiro atoms. The monoisotopic (exact) mass is 241 g/mol. The quantitative estimate of drug-likeness (QED) is 0.829. The summed E-state index contributed by atoms with van der Waals surface area (Å²) in [6.45, 7) is 1.78. The van der Waals surface area contributed by atoms with Crippen LogP contribution in [0.25, 0.3) is 0 Å². The van der Waals surface area contributed by atoms with Gasteiger partial charge in [0.05, 0.1) is 6.04 Å². The number of hydrogen-bond acceptors (Lipinski definition) is 1. The molecular weight excluding hydrogens is 225 g/mol. The lowest BCUT2D eigenvalue weighted by molar-refractivity contribution is 0.618. The van der Waals surface area contributed by atoms with Crippen molar-refractivity contribution in [3.05, 3.63) is 65.0 Å². The number of rotatable bonds is 2. The van der Waals surface area contributed by atoms with Crippen LogP contribution in [-0.2, 0) is 6.42 Å². The number of halogens is 1. The first-order chi connectivity index (χ1) is 8.74. The van der Waals surface area contributed by atoms with E-state index in [1.807, 2.05) is 12.1 Å². The summed E-state index contributed by atoms with van der Waals surface area (Å²) in [6.07, 6.45) is 2.18. The zero-order valence-electron chi connectivity index (χ0n) is 10.4. The van der Waals surface area contributed by atoms with E-state index >= 15 is 0 Å². The van der Waals surface area contributed by atoms with Crippen LogP contribution in [0, 0.1) is 12.7 Å². The molecule has 1 aliphatic carbocycles. The predicted molar refractivity (Wildman–Crippen MR) is 72.3 cm³/mol. The summed E-state index contributed by atoms with van der Waals surface area (Å²) in [5.74, 6) is -0.147. The molecule has 1 N–H and O–H groups in total. The van der Waals surface area contributed by atoms with E-state index in [4.69, 9.17) is 0 Å². The lowest BCUT2D eigenvalue weighted by atomic mass is 10.1. The summed E-state index contributed by atoms with van der Waals surface area (Å²) in [6, 6.07) is 14.1. The van der Waals surface area contributed by atoms with E-state index in [2.05, 4.69) is 29.6 Å². The molecule has 0 saturated heterocycles. The van der Waals surface area contributed by atoms with Crippen LogP contribution in [-0.4, -0.2) is 0 Å². The molecule has 92 valence electrons. The molecule has 0 aromatic heterocycles. The van der Waals surface area contributed by atoms with Gasteiger partial charge in [-0.1, -0.05) is 30.3 Å². The minimum absolute atomic E-state index is 0.147. The van der Waals surface area contributed by atoms with Crippen molar-refractivity contribution in [3.63, 3.8) is 0 Å². The van der Waals surface area contributed by atoms with Crippen molar-refractivity contribution < 1.29 is 4.39 Å². The molecule has 0 heterocycles. The molecule has 0 saturated carbocycles. The fraction of sp³-hybridized carbons (Fsp3) is 0.250. The standard InChI is InChI=1S/C16H16FN/c1-11-6-8-13(10-15(11)17)18-16-9-7-12-4-2-3-5-14(12)16/h2-6,8,10,16,18H,7,9H2,1H3. The summed E-state index contributed by atoms with van der Waals surface area (Å²) in [5.41, 5.74) is 4.30. The second-order valence-electron chi connectivity index (χ2n) is 4.90. The highest BCUT2D eigenvalue weighted by Crippen LogP contribution is 2.33. The van der Waals surface area contributed by atoms with Gasteiger partial charge in [-0.15, -0.1) is 0 Å². The largest absolute Gasteiger partial charge is 0.378 e. The first kappa shape index (κ1) is 11.3. The molecule has 0 aliphatic heterocycles. The van der Waals surface area contributed by atoms with Crippen molar-refractivity contribution in [3.8, 4) is 0 Å². The van der Waals surface area contributed by atoms with E-state index in [1.165, 1.54) is 11.1 Å². The van der Waals surface area contributed by atoms with Crippen LogP contribution in [0.1, 0.15) is 29.2 Å². The van der Waals surface area contributed by atoms with Gasteiger partial charge in [0.1, 0.15) is 5.82 Å². The second-order valence-corrected chi connectivity index (χ2v) is 4.90. The summed E-state index contributed by atoms with van der Waals surface area (Å²) >= 11 is 0. The Labute approximate surface area is 107 Å². The van der Waals surface area contributed by atoms with Crippen LogP contribution < -0.4 is 5.32 Å². The van der Waals surface area contributed by atoms with Gasteiger partial charge in [0, 0.05) is 5.69 Å². The van der Waals surface area contributed by atoms with E-state index in [0.29, 0.717) is 11.6 Å². The molecule has 0 fully saturated rings. The van der Waals surface area contributed by atoms with Crippen LogP contribution >= 0.6 is 0 Å². The van der Waals surface area contributed by atoms with Crippen LogP contribution in [0.15, 0.2) is 42.5 Å². The summed E-state index contributed by atoms with van der Waals surface area (Å²) in [7, 11) is 0. The maximum atomic E-state index is 13.5. The maximum absolute atomic E-state index is 13.5. The van der Waals surface area contributed by atoms with Crippen molar-refractivity contribution in [1.82, 2.24) is 0 Å². The normalized spacial score (nSPS) is 17.6. The first-order valence-corrected chi connectivity index (χ1v) is 6.34. The molecule has 2 aromatic carbocycles. The summed E-state index contributed by atoms with van der Waals surface area (Å²) in [4.78, 5) is 0. The molecule has 2 heteroatoms. The van der Waals surface area contributed by atoms with Gasteiger partial charge in [-0.05, 0) is 48.6 Å². The van der Waals surface area contributed by atoms with Crippen LogP contribution in [0.5, 0.6) is 0 Å². The first-order valence-electron chi connectivity index (χ1n) is 6.34. The van der Waals surface area contributed by atoms with Gasteiger partial charge in [-0.25, -0.2) is 4.39 Å². The average Bonchev–Trinajstić information content (AvgIpc) is 2.78. The molecule has 2 aromatic rings. The van der Waals surface area contributed by atoms with Crippen molar-refractivity contribution >= 4 is 5.69 Å². The zero-order chi connectivity index (χ0) is 12.5. The van der Waals surface area contributed by atoms with Crippen LogP contribution in [0.2, 0.25) is 0 Å². The van der Waals surface area contributed by atoms with Crippen molar-refractivity contribution in [2.24, 2.45) is 0 Å². The number of nitrogens with one attached hydrogen (secondary N) is 1. The van der Waals surface area contributed by atoms with Gasteiger partial charge in [-0.3, -0.25) is 0 Å². The summed E-state index contributed by atoms with van der Waals surface area (Å²) in [5, 5.41) is 3.43. The van der Waals surface area contributed by atoms with Crippen LogP contribution in [0.3, 0.4) is 0 Å². The number of aryl methyl sites for hydroxylation is 2. The number of fused-ring (bicyclic) bond motifs is 1. The lowest BCUT2D eigenvalue weighted by Gasteiger charge is -2.16. The maximum Gasteiger partial charge on any atom is 0.128 e. The molecule has 0 bridgehead atoms. The Bertz CT molecular complexity index is 577. The molecular formula is C16H16FN. The summed E-state index contributed by atoms with van der Waals surface area (Å²) < 4.78 is 13.5. The minimum Gasteiger partial charge on any atom is -0.378 e. The molecule has 1 aliphatic rings. The molecule has 3 rings (SSSR count). The third kappa shape index (κ3) is 1.99. The van der Waals surface area contributed by atoms with E-state index in [9.17, 15) is 4.39 Å². The third-order valence-corrected chi connectivity index (χ3v) is 3.65. The van der Waals surface area contributed by atoms with Gasteiger partial charge < -0.3 is 5.32 Å². The average molecular weight is 241 g/mol. The van der Waals surface area contributed by atoms with Gasteiger partial charge in [0.25, 0.3) is 0 Å². The molecule has 1 nitrogen and oxygen atoms in total. The van der Waals surface area contributed by atoms with E-state index in [1.54, 1.807) is 13.0 Å². The minimum atomic E-state index is -0.147. The Kier molecular flexibility index (Phi) is 2.78. The third-order valence-electron chi connectivity index (χ3n) is 3.65. The Morgan fingerprint density at radius 2 is 2.00 bits per heavy atom. The van der Waals surface area contributed by atoms with Crippen molar-refractivity contribution in [2.45, 2.75) is 25.8 Å². The van der Waals surface area contributed by atoms with Crippen molar-refractivity contribution in [2.75, 3.05) is 5.32 Å². The topological polar surface area (TPSA) is 12.0 Å². The Hall–Kier alpha value is -1.83. The highest BCUT2D eigenvalue weighted by atomic mass is 19.1. The van der Waals surface area contributed by atoms with Gasteiger partial charge in [0.2, 0.25) is 0 Å². The van der Waals surface area contributed by atoms with Crippen LogP contribution in [0.4, 0.5) is 10.1 Å². The Balaban J connectivity index is 1.84. The van der Waals surface area contributed by atoms with Gasteiger partial charge in [0.15, 0.2) is 0 Å². The highest BCUT2D eigenvalue weighted by Gasteiger charge is 2.21. The molecule has 1 unspecified atom stereocenters. The SMILES string of the molecule is Cc1ccc(NC2CCc3ccccc32)cc1F. The lowest BCUT2D eigenvalue weighted by Crippen LogP contribution is -2.07. The number of anilines is 1. The zero-order valence-corrected chi connectivity index (χ0v) is 10.4. The van der Waals surface area contributed by atoms with E-state index in [-0.39, 0.29) is 5.82 Å². The smallest absolute Gasteiger partial charge is 0.128 e. The fourth-order valence-electron chi connectivity index (χ4n) is 2.59. The predicted octanol–water partition coefficient (Wildman–Crippen LogP) is 4.23.